The largest absolute Gasteiger partial charge is 0.352 e. The number of hydrogen-bond donors (Lipinski definition) is 1. The standard InChI is InChI=1S/C20H21N5S/c1-14-8-9-17(24(14)2)19-18(16-7-3-4-11-22-16)23-20(26)25(19)13-15-6-5-10-21-12-15/h3-12,18-19H,13H2,1-2H3,(H,23,26). The Kier molecular flexibility index (Phi) is 4.42. The molecule has 26 heavy (non-hydrogen) atoms. The molecule has 0 spiro atoms. The maximum absolute atomic E-state index is 5.70. The highest BCUT2D eigenvalue weighted by Crippen LogP contribution is 2.39. The lowest BCUT2D eigenvalue weighted by Gasteiger charge is -2.28. The lowest BCUT2D eigenvalue weighted by atomic mass is 10.0. The molecule has 4 heterocycles. The van der Waals surface area contributed by atoms with Crippen LogP contribution in [0.3, 0.4) is 0 Å². The minimum Gasteiger partial charge on any atom is -0.352 e. The molecule has 2 atom stereocenters. The van der Waals surface area contributed by atoms with E-state index in [1.165, 1.54) is 11.4 Å². The van der Waals surface area contributed by atoms with Gasteiger partial charge in [-0.15, -0.1) is 0 Å². The fourth-order valence-electron chi connectivity index (χ4n) is 3.52. The molecule has 2 unspecified atom stereocenters. The van der Waals surface area contributed by atoms with Crippen LogP contribution in [0, 0.1) is 6.92 Å². The predicted octanol–water partition coefficient (Wildman–Crippen LogP) is 3.30. The lowest BCUT2D eigenvalue weighted by molar-refractivity contribution is 0.299. The van der Waals surface area contributed by atoms with E-state index in [-0.39, 0.29) is 12.1 Å². The summed E-state index contributed by atoms with van der Waals surface area (Å²) >= 11 is 5.70. The van der Waals surface area contributed by atoms with E-state index in [2.05, 4.69) is 63.0 Å². The second-order valence-electron chi connectivity index (χ2n) is 6.57. The normalized spacial score (nSPS) is 19.6. The summed E-state index contributed by atoms with van der Waals surface area (Å²) in [6, 6.07) is 14.4. The Morgan fingerprint density at radius 3 is 2.65 bits per heavy atom. The molecule has 132 valence electrons. The summed E-state index contributed by atoms with van der Waals surface area (Å²) in [6.45, 7) is 2.82. The summed E-state index contributed by atoms with van der Waals surface area (Å²) in [6.07, 6.45) is 5.51. The molecular formula is C20H21N5S. The van der Waals surface area contributed by atoms with Gasteiger partial charge in [0.25, 0.3) is 0 Å². The van der Waals surface area contributed by atoms with E-state index >= 15 is 0 Å². The fraction of sp³-hybridized carbons (Fsp3) is 0.250. The van der Waals surface area contributed by atoms with Crippen LogP contribution in [-0.2, 0) is 13.6 Å². The summed E-state index contributed by atoms with van der Waals surface area (Å²) in [5, 5.41) is 4.23. The van der Waals surface area contributed by atoms with Crippen molar-refractivity contribution in [2.24, 2.45) is 7.05 Å². The van der Waals surface area contributed by atoms with Gasteiger partial charge in [0, 0.05) is 43.6 Å². The minimum absolute atomic E-state index is 0.00775. The predicted molar refractivity (Wildman–Crippen MR) is 105 cm³/mol. The molecular weight excluding hydrogens is 342 g/mol. The Bertz CT molecular complexity index is 906. The van der Waals surface area contributed by atoms with Gasteiger partial charge in [-0.25, -0.2) is 0 Å². The van der Waals surface area contributed by atoms with Crippen molar-refractivity contribution in [3.8, 4) is 0 Å². The van der Waals surface area contributed by atoms with E-state index in [1.807, 2.05) is 30.6 Å². The molecule has 5 nitrogen and oxygen atoms in total. The number of aryl methyl sites for hydroxylation is 1. The first-order valence-corrected chi connectivity index (χ1v) is 9.05. The molecule has 3 aromatic rings. The van der Waals surface area contributed by atoms with Crippen molar-refractivity contribution in [1.82, 2.24) is 24.8 Å². The molecule has 6 heteroatoms. The fourth-order valence-corrected chi connectivity index (χ4v) is 3.82. The maximum atomic E-state index is 5.70. The van der Waals surface area contributed by atoms with Crippen LogP contribution >= 0.6 is 12.2 Å². The Balaban J connectivity index is 1.76. The number of hydrogen-bond acceptors (Lipinski definition) is 3. The molecule has 3 aromatic heterocycles. The maximum Gasteiger partial charge on any atom is 0.170 e. The molecule has 0 aromatic carbocycles. The average molecular weight is 363 g/mol. The molecule has 0 bridgehead atoms. The van der Waals surface area contributed by atoms with Crippen LogP contribution in [-0.4, -0.2) is 24.5 Å². The van der Waals surface area contributed by atoms with Gasteiger partial charge >= 0.3 is 0 Å². The summed E-state index contributed by atoms with van der Waals surface area (Å²) in [4.78, 5) is 11.1. The second-order valence-corrected chi connectivity index (χ2v) is 6.96. The van der Waals surface area contributed by atoms with Crippen LogP contribution < -0.4 is 5.32 Å². The third-order valence-electron chi connectivity index (χ3n) is 4.99. The average Bonchev–Trinajstić information content (AvgIpc) is 3.17. The van der Waals surface area contributed by atoms with Crippen LogP contribution in [0.5, 0.6) is 0 Å². The molecule has 0 aliphatic carbocycles. The van der Waals surface area contributed by atoms with Crippen molar-refractivity contribution in [3.63, 3.8) is 0 Å². The van der Waals surface area contributed by atoms with Gasteiger partial charge in [-0.05, 0) is 55.0 Å². The number of nitrogens with one attached hydrogen (secondary N) is 1. The first-order chi connectivity index (χ1) is 12.6. The molecule has 1 aliphatic rings. The summed E-state index contributed by atoms with van der Waals surface area (Å²) < 4.78 is 2.23. The van der Waals surface area contributed by atoms with Crippen molar-refractivity contribution < 1.29 is 0 Å². The summed E-state index contributed by atoms with van der Waals surface area (Å²) in [7, 11) is 2.10. The van der Waals surface area contributed by atoms with Gasteiger partial charge in [0.05, 0.1) is 17.8 Å². The zero-order chi connectivity index (χ0) is 18.1. The van der Waals surface area contributed by atoms with E-state index < -0.39 is 0 Å². The van der Waals surface area contributed by atoms with Gasteiger partial charge in [0.1, 0.15) is 0 Å². The van der Waals surface area contributed by atoms with Gasteiger partial charge in [0.15, 0.2) is 5.11 Å². The van der Waals surface area contributed by atoms with E-state index in [0.717, 1.165) is 16.4 Å². The van der Waals surface area contributed by atoms with Gasteiger partial charge in [0.2, 0.25) is 0 Å². The zero-order valence-electron chi connectivity index (χ0n) is 14.8. The number of pyridine rings is 2. The van der Waals surface area contributed by atoms with Gasteiger partial charge in [-0.1, -0.05) is 12.1 Å². The molecule has 4 rings (SSSR count). The highest BCUT2D eigenvalue weighted by Gasteiger charge is 2.41. The number of rotatable bonds is 4. The van der Waals surface area contributed by atoms with Crippen LogP contribution in [0.1, 0.15) is 34.7 Å². The Morgan fingerprint density at radius 2 is 2.00 bits per heavy atom. The Morgan fingerprint density at radius 1 is 1.12 bits per heavy atom. The van der Waals surface area contributed by atoms with Crippen LogP contribution in [0.25, 0.3) is 0 Å². The highest BCUT2D eigenvalue weighted by atomic mass is 32.1. The van der Waals surface area contributed by atoms with Crippen LogP contribution in [0.2, 0.25) is 0 Å². The van der Waals surface area contributed by atoms with E-state index in [0.29, 0.717) is 6.54 Å². The van der Waals surface area contributed by atoms with Crippen molar-refractivity contribution in [3.05, 3.63) is 83.7 Å². The zero-order valence-corrected chi connectivity index (χ0v) is 15.6. The number of thiocarbonyl (C=S) groups is 1. The lowest BCUT2D eigenvalue weighted by Crippen LogP contribution is -2.30. The van der Waals surface area contributed by atoms with Gasteiger partial charge in [-0.2, -0.15) is 0 Å². The minimum atomic E-state index is 0.00775. The Labute approximate surface area is 158 Å². The van der Waals surface area contributed by atoms with Crippen molar-refractivity contribution in [2.45, 2.75) is 25.6 Å². The van der Waals surface area contributed by atoms with Crippen molar-refractivity contribution in [1.29, 1.82) is 0 Å². The number of nitrogens with zero attached hydrogens (tertiary/aromatic N) is 4. The smallest absolute Gasteiger partial charge is 0.170 e. The molecule has 0 radical (unpaired) electrons. The summed E-state index contributed by atoms with van der Waals surface area (Å²) in [5.74, 6) is 0. The van der Waals surface area contributed by atoms with Crippen molar-refractivity contribution >= 4 is 17.3 Å². The molecule has 1 saturated heterocycles. The molecule has 1 aliphatic heterocycles. The molecule has 1 fully saturated rings. The Hall–Kier alpha value is -2.73. The molecule has 0 saturated carbocycles. The van der Waals surface area contributed by atoms with Crippen LogP contribution in [0.15, 0.2) is 61.1 Å². The topological polar surface area (TPSA) is 46.0 Å². The van der Waals surface area contributed by atoms with Crippen LogP contribution in [0.4, 0.5) is 0 Å². The molecule has 0 amide bonds. The van der Waals surface area contributed by atoms with E-state index in [9.17, 15) is 0 Å². The van der Waals surface area contributed by atoms with Gasteiger partial charge < -0.3 is 14.8 Å². The van der Waals surface area contributed by atoms with E-state index in [4.69, 9.17) is 12.2 Å². The van der Waals surface area contributed by atoms with Crippen molar-refractivity contribution in [2.75, 3.05) is 0 Å². The highest BCUT2D eigenvalue weighted by molar-refractivity contribution is 7.80. The molecule has 1 N–H and O–H groups in total. The quantitative estimate of drug-likeness (QED) is 0.721. The first-order valence-electron chi connectivity index (χ1n) is 8.64. The monoisotopic (exact) mass is 363 g/mol. The van der Waals surface area contributed by atoms with E-state index in [1.54, 1.807) is 6.20 Å². The second kappa shape index (κ2) is 6.88. The summed E-state index contributed by atoms with van der Waals surface area (Å²) in [5.41, 5.74) is 4.56. The number of aromatic nitrogens is 3. The first kappa shape index (κ1) is 16.7. The third-order valence-corrected chi connectivity index (χ3v) is 5.34. The SMILES string of the molecule is Cc1ccc(C2C(c3ccccn3)NC(=S)N2Cc2cccnc2)n1C. The van der Waals surface area contributed by atoms with Gasteiger partial charge in [-0.3, -0.25) is 9.97 Å². The third kappa shape index (κ3) is 2.97.